The van der Waals surface area contributed by atoms with Crippen molar-refractivity contribution in [3.05, 3.63) is 18.5 Å². The van der Waals surface area contributed by atoms with Gasteiger partial charge in [-0.15, -0.1) is 0 Å². The van der Waals surface area contributed by atoms with Crippen LogP contribution < -0.4 is 10.6 Å². The van der Waals surface area contributed by atoms with Crippen LogP contribution in [-0.4, -0.2) is 72.5 Å². The number of aromatic nitrogens is 3. The molecule has 0 radical (unpaired) electrons. The molecule has 2 unspecified atom stereocenters. The number of hydrogen-bond donors (Lipinski definition) is 2. The van der Waals surface area contributed by atoms with Crippen LogP contribution in [0.3, 0.4) is 0 Å². The molecule has 3 rings (SSSR count). The number of carbonyl (C=O) groups is 2. The van der Waals surface area contributed by atoms with Gasteiger partial charge in [-0.05, 0) is 30.9 Å². The quantitative estimate of drug-likeness (QED) is 0.465. The fraction of sp³-hybridized carbons (Fsp3) is 0.636. The predicted octanol–water partition coefficient (Wildman–Crippen LogP) is 3.73. The average Bonchev–Trinajstić information content (AvgIpc) is 3.06. The molecule has 2 atom stereocenters. The molecular formula is C22H36N6O4Si. The number of rotatable bonds is 7. The third kappa shape index (κ3) is 7.16. The van der Waals surface area contributed by atoms with Gasteiger partial charge in [0.15, 0.2) is 11.5 Å². The Balaban J connectivity index is 1.54. The molecule has 0 spiro atoms. The van der Waals surface area contributed by atoms with Crippen molar-refractivity contribution in [1.29, 1.82) is 0 Å². The first kappa shape index (κ1) is 25.0. The van der Waals surface area contributed by atoms with Crippen LogP contribution in [0.1, 0.15) is 19.8 Å². The van der Waals surface area contributed by atoms with Crippen LogP contribution >= 0.6 is 0 Å². The van der Waals surface area contributed by atoms with Gasteiger partial charge in [0.2, 0.25) is 0 Å². The van der Waals surface area contributed by atoms with E-state index in [9.17, 15) is 9.59 Å². The van der Waals surface area contributed by atoms with E-state index in [1.54, 1.807) is 11.1 Å². The van der Waals surface area contributed by atoms with Crippen molar-refractivity contribution in [3.63, 3.8) is 0 Å². The first-order valence-electron chi connectivity index (χ1n) is 11.5. The molecule has 2 aromatic rings. The van der Waals surface area contributed by atoms with Crippen molar-refractivity contribution in [2.45, 2.75) is 58.2 Å². The fourth-order valence-electron chi connectivity index (χ4n) is 3.85. The van der Waals surface area contributed by atoms with Crippen molar-refractivity contribution in [2.24, 2.45) is 5.92 Å². The number of nitrogens with zero attached hydrogens (tertiary/aromatic N) is 4. The first-order chi connectivity index (χ1) is 15.7. The van der Waals surface area contributed by atoms with E-state index in [-0.39, 0.29) is 24.1 Å². The summed E-state index contributed by atoms with van der Waals surface area (Å²) in [4.78, 5) is 35.1. The lowest BCUT2D eigenvalue weighted by atomic mass is 9.99. The van der Waals surface area contributed by atoms with E-state index < -0.39 is 8.07 Å². The maximum atomic E-state index is 12.6. The maximum Gasteiger partial charge on any atom is 0.409 e. The van der Waals surface area contributed by atoms with Gasteiger partial charge in [-0.25, -0.2) is 19.6 Å². The van der Waals surface area contributed by atoms with E-state index in [1.165, 1.54) is 7.11 Å². The lowest BCUT2D eigenvalue weighted by molar-refractivity contribution is 0.0899. The van der Waals surface area contributed by atoms with E-state index >= 15 is 0 Å². The zero-order valence-electron chi connectivity index (χ0n) is 20.3. The van der Waals surface area contributed by atoms with Crippen molar-refractivity contribution < 1.29 is 19.1 Å². The monoisotopic (exact) mass is 476 g/mol. The lowest BCUT2D eigenvalue weighted by Crippen LogP contribution is -2.44. The van der Waals surface area contributed by atoms with Gasteiger partial charge in [0.25, 0.3) is 0 Å². The number of methoxy groups -OCH3 is 1. The lowest BCUT2D eigenvalue weighted by Gasteiger charge is -2.25. The largest absolute Gasteiger partial charge is 0.453 e. The number of likely N-dealkylation sites (tertiary alicyclic amines) is 1. The number of anilines is 1. The second-order valence-corrected chi connectivity index (χ2v) is 15.5. The minimum Gasteiger partial charge on any atom is -0.453 e. The highest BCUT2D eigenvalue weighted by Crippen LogP contribution is 2.18. The Morgan fingerprint density at radius 3 is 2.82 bits per heavy atom. The van der Waals surface area contributed by atoms with Crippen LogP contribution in [0.5, 0.6) is 0 Å². The summed E-state index contributed by atoms with van der Waals surface area (Å²) in [6.45, 7) is 11.3. The summed E-state index contributed by atoms with van der Waals surface area (Å²) in [6, 6.07) is 2.59. The molecular weight excluding hydrogens is 440 g/mol. The van der Waals surface area contributed by atoms with Gasteiger partial charge in [-0.2, -0.15) is 0 Å². The third-order valence-corrected chi connectivity index (χ3v) is 7.52. The van der Waals surface area contributed by atoms with Gasteiger partial charge in [-0.1, -0.05) is 26.6 Å². The molecule has 3 amide bonds. The molecule has 1 aliphatic rings. The van der Waals surface area contributed by atoms with Crippen LogP contribution in [0.25, 0.3) is 11.2 Å². The summed E-state index contributed by atoms with van der Waals surface area (Å²) < 4.78 is 12.6. The Morgan fingerprint density at radius 2 is 2.09 bits per heavy atom. The van der Waals surface area contributed by atoms with E-state index in [0.717, 1.165) is 25.5 Å². The SMILES string of the molecule is COC(=O)N1CCCC(NC(=O)Nc2cnc3c(ccn3COCC[Si](C)(C)C)n2)C(C)C1. The highest BCUT2D eigenvalue weighted by molar-refractivity contribution is 6.76. The Morgan fingerprint density at radius 1 is 1.30 bits per heavy atom. The number of fused-ring (bicyclic) bond motifs is 1. The van der Waals surface area contributed by atoms with Crippen molar-refractivity contribution in [2.75, 3.05) is 32.1 Å². The molecule has 0 saturated carbocycles. The highest BCUT2D eigenvalue weighted by atomic mass is 28.3. The fourth-order valence-corrected chi connectivity index (χ4v) is 4.61. The Hall–Kier alpha value is -2.66. The standard InChI is InChI=1S/C22H36N6O4Si/c1-16-14-27(22(30)31-2)9-6-7-17(16)25-21(29)26-19-13-23-20-18(24-19)8-10-28(20)15-32-11-12-33(3,4)5/h8,10,13,16-17H,6-7,9,11-12,14-15H2,1-5H3,(H2,24,25,26,29). The third-order valence-electron chi connectivity index (χ3n) is 5.82. The van der Waals surface area contributed by atoms with E-state index in [2.05, 4.69) is 40.2 Å². The van der Waals surface area contributed by atoms with Crippen LogP contribution in [0.2, 0.25) is 25.7 Å². The first-order valence-corrected chi connectivity index (χ1v) is 15.2. The molecule has 10 nitrogen and oxygen atoms in total. The van der Waals surface area contributed by atoms with E-state index in [4.69, 9.17) is 9.47 Å². The summed E-state index contributed by atoms with van der Waals surface area (Å²) in [6.07, 6.45) is 4.69. The topological polar surface area (TPSA) is 111 Å². The number of urea groups is 1. The zero-order valence-corrected chi connectivity index (χ0v) is 21.3. The molecule has 0 aromatic carbocycles. The number of nitrogens with one attached hydrogen (secondary N) is 2. The summed E-state index contributed by atoms with van der Waals surface area (Å²) >= 11 is 0. The number of ether oxygens (including phenoxy) is 2. The number of amides is 3. The molecule has 33 heavy (non-hydrogen) atoms. The smallest absolute Gasteiger partial charge is 0.409 e. The Labute approximate surface area is 196 Å². The average molecular weight is 477 g/mol. The second kappa shape index (κ2) is 11.0. The molecule has 2 N–H and O–H groups in total. The number of hydrogen-bond acceptors (Lipinski definition) is 6. The van der Waals surface area contributed by atoms with Crippen molar-refractivity contribution >= 4 is 37.2 Å². The Bertz CT molecular complexity index is 960. The van der Waals surface area contributed by atoms with Gasteiger partial charge in [0.1, 0.15) is 12.2 Å². The summed E-state index contributed by atoms with van der Waals surface area (Å²) in [5.74, 6) is 0.482. The summed E-state index contributed by atoms with van der Waals surface area (Å²) in [5.41, 5.74) is 1.41. The normalized spacial score (nSPS) is 19.2. The van der Waals surface area contributed by atoms with Crippen LogP contribution in [0.4, 0.5) is 15.4 Å². The van der Waals surface area contributed by atoms with Crippen LogP contribution in [0.15, 0.2) is 18.5 Å². The summed E-state index contributed by atoms with van der Waals surface area (Å²) in [5, 5.41) is 5.80. The molecule has 182 valence electrons. The van der Waals surface area contributed by atoms with E-state index in [0.29, 0.717) is 36.8 Å². The maximum absolute atomic E-state index is 12.6. The highest BCUT2D eigenvalue weighted by Gasteiger charge is 2.28. The minimum atomic E-state index is -1.12. The van der Waals surface area contributed by atoms with Gasteiger partial charge in [0, 0.05) is 40.0 Å². The molecule has 11 heteroatoms. The molecule has 1 aliphatic heterocycles. The van der Waals surface area contributed by atoms with Crippen LogP contribution in [-0.2, 0) is 16.2 Å². The van der Waals surface area contributed by atoms with Crippen molar-refractivity contribution in [1.82, 2.24) is 24.8 Å². The van der Waals surface area contributed by atoms with Gasteiger partial charge < -0.3 is 24.3 Å². The van der Waals surface area contributed by atoms with Crippen molar-refractivity contribution in [3.8, 4) is 0 Å². The molecule has 0 bridgehead atoms. The summed E-state index contributed by atoms with van der Waals surface area (Å²) in [7, 11) is 0.262. The predicted molar refractivity (Wildman–Crippen MR) is 130 cm³/mol. The number of carbonyl (C=O) groups excluding carboxylic acids is 2. The van der Waals surface area contributed by atoms with Gasteiger partial charge >= 0.3 is 12.1 Å². The Kier molecular flexibility index (Phi) is 8.30. The minimum absolute atomic E-state index is 0.0502. The molecule has 2 aromatic heterocycles. The second-order valence-electron chi connectivity index (χ2n) is 9.84. The zero-order chi connectivity index (χ0) is 24.0. The van der Waals surface area contributed by atoms with Gasteiger partial charge in [-0.3, -0.25) is 5.32 Å². The molecule has 1 saturated heterocycles. The van der Waals surface area contributed by atoms with Crippen LogP contribution in [0, 0.1) is 5.92 Å². The molecule has 0 aliphatic carbocycles. The molecule has 1 fully saturated rings. The van der Waals surface area contributed by atoms with Gasteiger partial charge in [0.05, 0.1) is 13.3 Å². The van der Waals surface area contributed by atoms with E-state index in [1.807, 2.05) is 23.8 Å². The molecule has 3 heterocycles.